The molecule has 184 valence electrons. The normalized spacial score (nSPS) is 15.6. The summed E-state index contributed by atoms with van der Waals surface area (Å²) < 4.78 is 24.1. The molecular formula is C27H22ClFN2O4S. The standard InChI is InChI=1S/C27H22ClFN2O4S/c1-3-34-26(33)19-8-10-21(11-9-19)30-27-31(2)25(32)24(36-27)15-17-7-12-23(22(28)14-17)35-16-18-5-4-6-20(29)13-18/h4-15H,3,16H2,1-2H3/b24-15-,30-27?. The molecule has 6 nitrogen and oxygen atoms in total. The Kier molecular flexibility index (Phi) is 8.07. The van der Waals surface area contributed by atoms with Crippen LogP contribution in [0.5, 0.6) is 5.75 Å². The third-order valence-electron chi connectivity index (χ3n) is 5.14. The van der Waals surface area contributed by atoms with Crippen LogP contribution in [0, 0.1) is 5.82 Å². The van der Waals surface area contributed by atoms with E-state index in [0.717, 1.165) is 5.56 Å². The average molecular weight is 525 g/mol. The highest BCUT2D eigenvalue weighted by Crippen LogP contribution is 2.34. The molecule has 1 aliphatic rings. The van der Waals surface area contributed by atoms with Crippen LogP contribution in [-0.2, 0) is 16.1 Å². The maximum absolute atomic E-state index is 13.4. The summed E-state index contributed by atoms with van der Waals surface area (Å²) in [4.78, 5) is 31.1. The van der Waals surface area contributed by atoms with Gasteiger partial charge in [-0.2, -0.15) is 0 Å². The Hall–Kier alpha value is -3.62. The molecule has 1 amide bonds. The Bertz CT molecular complexity index is 1360. The van der Waals surface area contributed by atoms with Crippen molar-refractivity contribution in [2.45, 2.75) is 13.5 Å². The van der Waals surface area contributed by atoms with E-state index in [9.17, 15) is 14.0 Å². The van der Waals surface area contributed by atoms with E-state index in [4.69, 9.17) is 21.1 Å². The lowest BCUT2D eigenvalue weighted by Crippen LogP contribution is -2.23. The Labute approximate surface area is 217 Å². The average Bonchev–Trinajstić information content (AvgIpc) is 3.12. The minimum absolute atomic E-state index is 0.178. The van der Waals surface area contributed by atoms with Crippen molar-refractivity contribution in [2.24, 2.45) is 4.99 Å². The molecule has 1 fully saturated rings. The highest BCUT2D eigenvalue weighted by Gasteiger charge is 2.30. The predicted molar refractivity (Wildman–Crippen MR) is 140 cm³/mol. The Morgan fingerprint density at radius 2 is 1.92 bits per heavy atom. The molecular weight excluding hydrogens is 503 g/mol. The number of thioether (sulfide) groups is 1. The monoisotopic (exact) mass is 524 g/mol. The number of hydrogen-bond donors (Lipinski definition) is 0. The fourth-order valence-corrected chi connectivity index (χ4v) is 4.54. The van der Waals surface area contributed by atoms with E-state index in [2.05, 4.69) is 4.99 Å². The van der Waals surface area contributed by atoms with Crippen molar-refractivity contribution in [3.63, 3.8) is 0 Å². The van der Waals surface area contributed by atoms with Gasteiger partial charge in [-0.25, -0.2) is 14.2 Å². The number of hydrogen-bond acceptors (Lipinski definition) is 6. The summed E-state index contributed by atoms with van der Waals surface area (Å²) in [5, 5.41) is 0.886. The van der Waals surface area contributed by atoms with Crippen molar-refractivity contribution in [2.75, 3.05) is 13.7 Å². The molecule has 36 heavy (non-hydrogen) atoms. The van der Waals surface area contributed by atoms with Crippen molar-refractivity contribution < 1.29 is 23.5 Å². The van der Waals surface area contributed by atoms with E-state index in [-0.39, 0.29) is 18.3 Å². The van der Waals surface area contributed by atoms with Gasteiger partial charge < -0.3 is 9.47 Å². The van der Waals surface area contributed by atoms with Gasteiger partial charge in [-0.15, -0.1) is 0 Å². The Balaban J connectivity index is 1.46. The van der Waals surface area contributed by atoms with Crippen molar-refractivity contribution in [3.05, 3.63) is 99.2 Å². The van der Waals surface area contributed by atoms with Crippen molar-refractivity contribution in [1.29, 1.82) is 0 Å². The Morgan fingerprint density at radius 1 is 1.14 bits per heavy atom. The summed E-state index contributed by atoms with van der Waals surface area (Å²) in [5.74, 6) is -0.457. The van der Waals surface area contributed by atoms with E-state index in [1.165, 1.54) is 28.8 Å². The van der Waals surface area contributed by atoms with Crippen LogP contribution in [0.1, 0.15) is 28.4 Å². The van der Waals surface area contributed by atoms with Crippen LogP contribution < -0.4 is 4.74 Å². The second-order valence-electron chi connectivity index (χ2n) is 7.74. The second-order valence-corrected chi connectivity index (χ2v) is 9.16. The number of rotatable bonds is 7. The molecule has 4 rings (SSSR count). The number of benzene rings is 3. The number of carbonyl (C=O) groups is 2. The lowest BCUT2D eigenvalue weighted by molar-refractivity contribution is -0.121. The molecule has 1 heterocycles. The molecule has 9 heteroatoms. The van der Waals surface area contributed by atoms with Crippen molar-refractivity contribution in [1.82, 2.24) is 4.90 Å². The first kappa shape index (κ1) is 25.5. The first-order valence-electron chi connectivity index (χ1n) is 11.0. The minimum Gasteiger partial charge on any atom is -0.487 e. The Morgan fingerprint density at radius 3 is 2.61 bits per heavy atom. The summed E-state index contributed by atoms with van der Waals surface area (Å²) in [6.45, 7) is 2.23. The number of esters is 1. The molecule has 0 saturated carbocycles. The van der Waals surface area contributed by atoms with E-state index in [1.54, 1.807) is 74.6 Å². The minimum atomic E-state index is -0.395. The fourth-order valence-electron chi connectivity index (χ4n) is 3.31. The zero-order valence-corrected chi connectivity index (χ0v) is 21.1. The second kappa shape index (κ2) is 11.4. The van der Waals surface area contributed by atoms with Gasteiger partial charge in [0.2, 0.25) is 0 Å². The van der Waals surface area contributed by atoms with Gasteiger partial charge in [0.15, 0.2) is 5.17 Å². The van der Waals surface area contributed by atoms with Crippen LogP contribution in [-0.4, -0.2) is 35.6 Å². The third kappa shape index (κ3) is 6.13. The van der Waals surface area contributed by atoms with Crippen LogP contribution in [0.25, 0.3) is 6.08 Å². The van der Waals surface area contributed by atoms with E-state index < -0.39 is 5.97 Å². The molecule has 0 N–H and O–H groups in total. The summed E-state index contributed by atoms with van der Waals surface area (Å²) in [7, 11) is 1.65. The first-order valence-corrected chi connectivity index (χ1v) is 12.2. The number of amides is 1. The van der Waals surface area contributed by atoms with Gasteiger partial charge in [-0.3, -0.25) is 9.69 Å². The molecule has 0 aromatic heterocycles. The van der Waals surface area contributed by atoms with Crippen molar-refractivity contribution >= 4 is 52.2 Å². The number of halogens is 2. The smallest absolute Gasteiger partial charge is 0.338 e. The predicted octanol–water partition coefficient (Wildman–Crippen LogP) is 6.47. The quantitative estimate of drug-likeness (QED) is 0.262. The number of likely N-dealkylation sites (N-methyl/N-ethyl adjacent to an activating group) is 1. The summed E-state index contributed by atoms with van der Waals surface area (Å²) in [6.07, 6.45) is 1.73. The van der Waals surface area contributed by atoms with E-state index >= 15 is 0 Å². The topological polar surface area (TPSA) is 68.2 Å². The molecule has 1 aliphatic heterocycles. The lowest BCUT2D eigenvalue weighted by Gasteiger charge is -2.09. The fraction of sp³-hybridized carbons (Fsp3) is 0.148. The molecule has 0 unspecified atom stereocenters. The number of aliphatic imine (C=N–C) groups is 1. The van der Waals surface area contributed by atoms with Crippen molar-refractivity contribution in [3.8, 4) is 5.75 Å². The van der Waals surface area contributed by atoms with E-state index in [0.29, 0.717) is 44.3 Å². The molecule has 0 spiro atoms. The zero-order valence-electron chi connectivity index (χ0n) is 19.5. The largest absolute Gasteiger partial charge is 0.487 e. The number of amidine groups is 1. The highest BCUT2D eigenvalue weighted by atomic mass is 35.5. The lowest BCUT2D eigenvalue weighted by atomic mass is 10.2. The van der Waals surface area contributed by atoms with Crippen LogP contribution in [0.2, 0.25) is 5.02 Å². The number of nitrogens with zero attached hydrogens (tertiary/aromatic N) is 2. The number of carbonyl (C=O) groups excluding carboxylic acids is 2. The van der Waals surface area contributed by atoms with E-state index in [1.807, 2.05) is 0 Å². The van der Waals surface area contributed by atoms with Gasteiger partial charge in [0.05, 0.1) is 27.8 Å². The summed E-state index contributed by atoms with van der Waals surface area (Å²) >= 11 is 7.62. The van der Waals surface area contributed by atoms with Gasteiger partial charge in [-0.05, 0) is 84.4 Å². The van der Waals surface area contributed by atoms with Crippen LogP contribution >= 0.6 is 23.4 Å². The molecule has 0 bridgehead atoms. The van der Waals surface area contributed by atoms with Crippen LogP contribution in [0.4, 0.5) is 10.1 Å². The molecule has 1 saturated heterocycles. The highest BCUT2D eigenvalue weighted by molar-refractivity contribution is 8.18. The molecule has 0 aliphatic carbocycles. The summed E-state index contributed by atoms with van der Waals surface area (Å²) in [6, 6.07) is 18.0. The SMILES string of the molecule is CCOC(=O)c1ccc(N=C2S/C(=C\c3ccc(OCc4cccc(F)c4)c(Cl)c3)C(=O)N2C)cc1. The van der Waals surface area contributed by atoms with Gasteiger partial charge >= 0.3 is 5.97 Å². The van der Waals surface area contributed by atoms with Gasteiger partial charge in [-0.1, -0.05) is 29.8 Å². The maximum Gasteiger partial charge on any atom is 0.338 e. The maximum atomic E-state index is 13.4. The van der Waals surface area contributed by atoms with Crippen LogP contribution in [0.15, 0.2) is 76.6 Å². The molecule has 3 aromatic rings. The third-order valence-corrected chi connectivity index (χ3v) is 6.50. The molecule has 3 aromatic carbocycles. The number of ether oxygens (including phenoxy) is 2. The molecule has 0 atom stereocenters. The van der Waals surface area contributed by atoms with Crippen LogP contribution in [0.3, 0.4) is 0 Å². The first-order chi connectivity index (χ1) is 17.3. The zero-order chi connectivity index (χ0) is 25.7. The van der Waals surface area contributed by atoms with Gasteiger partial charge in [0.1, 0.15) is 18.2 Å². The van der Waals surface area contributed by atoms with Gasteiger partial charge in [0.25, 0.3) is 5.91 Å². The molecule has 0 radical (unpaired) electrons. The van der Waals surface area contributed by atoms with Gasteiger partial charge in [0, 0.05) is 7.05 Å². The summed E-state index contributed by atoms with van der Waals surface area (Å²) in [5.41, 5.74) is 2.46.